The molecule has 0 radical (unpaired) electrons. The fraction of sp³-hybridized carbons (Fsp3) is 0.273. The first-order chi connectivity index (χ1) is 7.33. The van der Waals surface area contributed by atoms with Gasteiger partial charge < -0.3 is 4.74 Å². The maximum absolute atomic E-state index is 11.2. The van der Waals surface area contributed by atoms with Crippen LogP contribution in [0.1, 0.15) is 5.56 Å². The Labute approximate surface area is 93.5 Å². The van der Waals surface area contributed by atoms with Gasteiger partial charge in [-0.1, -0.05) is 0 Å². The Hall–Kier alpha value is -1.29. The van der Waals surface area contributed by atoms with E-state index in [1.54, 1.807) is 30.2 Å². The largest absolute Gasteiger partial charge is 0.462 e. The standard InChI is InChI=1S/C11H13NO2S/c1-15-9-8-14-11(13)3-2-10-4-6-12-7-5-10/h2-7H,8-9H2,1H3. The first-order valence-electron chi connectivity index (χ1n) is 4.56. The number of hydrogen-bond acceptors (Lipinski definition) is 4. The molecule has 1 heterocycles. The number of carbonyl (C=O) groups excluding carboxylic acids is 1. The summed E-state index contributed by atoms with van der Waals surface area (Å²) in [5.74, 6) is 0.523. The molecular weight excluding hydrogens is 210 g/mol. The highest BCUT2D eigenvalue weighted by atomic mass is 32.2. The molecule has 0 aromatic carbocycles. The summed E-state index contributed by atoms with van der Waals surface area (Å²) < 4.78 is 4.94. The van der Waals surface area contributed by atoms with E-state index >= 15 is 0 Å². The average molecular weight is 223 g/mol. The van der Waals surface area contributed by atoms with Gasteiger partial charge in [0.1, 0.15) is 6.61 Å². The zero-order valence-electron chi connectivity index (χ0n) is 8.55. The minimum atomic E-state index is -0.305. The zero-order chi connectivity index (χ0) is 10.9. The van der Waals surface area contributed by atoms with Gasteiger partial charge in [-0.15, -0.1) is 0 Å². The highest BCUT2D eigenvalue weighted by Crippen LogP contribution is 1.99. The van der Waals surface area contributed by atoms with Gasteiger partial charge in [0.2, 0.25) is 0 Å². The van der Waals surface area contributed by atoms with Crippen LogP contribution in [0.15, 0.2) is 30.6 Å². The topological polar surface area (TPSA) is 39.2 Å². The van der Waals surface area contributed by atoms with Gasteiger partial charge in [0.05, 0.1) is 0 Å². The van der Waals surface area contributed by atoms with Gasteiger partial charge in [0, 0.05) is 24.2 Å². The van der Waals surface area contributed by atoms with Crippen molar-refractivity contribution in [3.05, 3.63) is 36.2 Å². The Morgan fingerprint density at radius 1 is 1.53 bits per heavy atom. The van der Waals surface area contributed by atoms with Crippen LogP contribution in [0.3, 0.4) is 0 Å². The summed E-state index contributed by atoms with van der Waals surface area (Å²) in [6.07, 6.45) is 8.47. The maximum Gasteiger partial charge on any atom is 0.330 e. The summed E-state index contributed by atoms with van der Waals surface area (Å²) in [4.78, 5) is 15.0. The van der Waals surface area contributed by atoms with Crippen molar-refractivity contribution in [3.63, 3.8) is 0 Å². The second-order valence-corrected chi connectivity index (χ2v) is 3.76. The summed E-state index contributed by atoms with van der Waals surface area (Å²) in [7, 11) is 0. The molecule has 0 saturated carbocycles. The smallest absolute Gasteiger partial charge is 0.330 e. The van der Waals surface area contributed by atoms with Gasteiger partial charge >= 0.3 is 5.97 Å². The Morgan fingerprint density at radius 2 is 2.27 bits per heavy atom. The number of esters is 1. The lowest BCUT2D eigenvalue weighted by atomic mass is 10.2. The summed E-state index contributed by atoms with van der Waals surface area (Å²) in [6, 6.07) is 3.65. The molecule has 1 rings (SSSR count). The van der Waals surface area contributed by atoms with Gasteiger partial charge in [0.15, 0.2) is 0 Å². The van der Waals surface area contributed by atoms with Crippen molar-refractivity contribution < 1.29 is 9.53 Å². The van der Waals surface area contributed by atoms with E-state index in [2.05, 4.69) is 4.98 Å². The lowest BCUT2D eigenvalue weighted by Crippen LogP contribution is -2.03. The predicted molar refractivity (Wildman–Crippen MR) is 62.6 cm³/mol. The molecule has 3 nitrogen and oxygen atoms in total. The van der Waals surface area contributed by atoms with Crippen molar-refractivity contribution in [3.8, 4) is 0 Å². The van der Waals surface area contributed by atoms with Gasteiger partial charge in [-0.05, 0) is 30.0 Å². The van der Waals surface area contributed by atoms with Crippen LogP contribution in [0.2, 0.25) is 0 Å². The van der Waals surface area contributed by atoms with Gasteiger partial charge in [-0.3, -0.25) is 4.98 Å². The molecule has 1 aromatic heterocycles. The molecule has 4 heteroatoms. The number of rotatable bonds is 5. The molecule has 0 amide bonds. The van der Waals surface area contributed by atoms with E-state index in [-0.39, 0.29) is 5.97 Å². The Balaban J connectivity index is 2.34. The quantitative estimate of drug-likeness (QED) is 0.435. The van der Waals surface area contributed by atoms with Crippen LogP contribution in [-0.4, -0.2) is 29.6 Å². The van der Waals surface area contributed by atoms with Crippen LogP contribution in [0.4, 0.5) is 0 Å². The van der Waals surface area contributed by atoms with E-state index < -0.39 is 0 Å². The fourth-order valence-corrected chi connectivity index (χ4v) is 1.16. The van der Waals surface area contributed by atoms with Crippen molar-refractivity contribution in [1.29, 1.82) is 0 Å². The summed E-state index contributed by atoms with van der Waals surface area (Å²) in [6.45, 7) is 0.459. The molecular formula is C11H13NO2S. The van der Waals surface area contributed by atoms with Crippen molar-refractivity contribution in [2.24, 2.45) is 0 Å². The van der Waals surface area contributed by atoms with E-state index in [0.717, 1.165) is 11.3 Å². The summed E-state index contributed by atoms with van der Waals surface area (Å²) in [5, 5.41) is 0. The molecule has 0 aliphatic rings. The number of thioether (sulfide) groups is 1. The second-order valence-electron chi connectivity index (χ2n) is 2.77. The SMILES string of the molecule is CSCCOC(=O)C=Cc1ccncc1. The number of hydrogen-bond donors (Lipinski definition) is 0. The molecule has 0 N–H and O–H groups in total. The van der Waals surface area contributed by atoms with Crippen molar-refractivity contribution in [2.45, 2.75) is 0 Å². The number of pyridine rings is 1. The lowest BCUT2D eigenvalue weighted by molar-refractivity contribution is -0.137. The molecule has 0 aliphatic heterocycles. The minimum absolute atomic E-state index is 0.305. The number of ether oxygens (including phenoxy) is 1. The third kappa shape index (κ3) is 5.22. The molecule has 0 fully saturated rings. The molecule has 80 valence electrons. The maximum atomic E-state index is 11.2. The lowest BCUT2D eigenvalue weighted by Gasteiger charge is -1.98. The zero-order valence-corrected chi connectivity index (χ0v) is 9.37. The van der Waals surface area contributed by atoms with E-state index in [1.807, 2.05) is 18.4 Å². The highest BCUT2D eigenvalue weighted by molar-refractivity contribution is 7.98. The molecule has 15 heavy (non-hydrogen) atoms. The molecule has 0 aliphatic carbocycles. The minimum Gasteiger partial charge on any atom is -0.462 e. The average Bonchev–Trinajstić information content (AvgIpc) is 2.28. The van der Waals surface area contributed by atoms with Crippen molar-refractivity contribution in [2.75, 3.05) is 18.6 Å². The molecule has 0 atom stereocenters. The molecule has 0 bridgehead atoms. The predicted octanol–water partition coefficient (Wildman–Crippen LogP) is 2.00. The van der Waals surface area contributed by atoms with Crippen LogP contribution in [0.25, 0.3) is 6.08 Å². The second kappa shape index (κ2) is 7.06. The first kappa shape index (κ1) is 11.8. The van der Waals surface area contributed by atoms with Crippen LogP contribution in [-0.2, 0) is 9.53 Å². The van der Waals surface area contributed by atoms with Crippen molar-refractivity contribution in [1.82, 2.24) is 4.98 Å². The van der Waals surface area contributed by atoms with E-state index in [9.17, 15) is 4.79 Å². The fourth-order valence-electron chi connectivity index (χ4n) is 0.913. The number of carbonyl (C=O) groups is 1. The Kier molecular flexibility index (Phi) is 5.55. The summed E-state index contributed by atoms with van der Waals surface area (Å²) >= 11 is 1.65. The van der Waals surface area contributed by atoms with E-state index in [0.29, 0.717) is 6.61 Å². The Morgan fingerprint density at radius 3 is 2.93 bits per heavy atom. The monoisotopic (exact) mass is 223 g/mol. The Bertz CT molecular complexity index is 325. The highest BCUT2D eigenvalue weighted by Gasteiger charge is 1.95. The molecule has 0 saturated heterocycles. The van der Waals surface area contributed by atoms with Gasteiger partial charge in [-0.2, -0.15) is 11.8 Å². The molecule has 0 unspecified atom stereocenters. The molecule has 0 spiro atoms. The van der Waals surface area contributed by atoms with Crippen LogP contribution in [0, 0.1) is 0 Å². The third-order valence-electron chi connectivity index (χ3n) is 1.65. The van der Waals surface area contributed by atoms with Crippen LogP contribution >= 0.6 is 11.8 Å². The van der Waals surface area contributed by atoms with Gasteiger partial charge in [-0.25, -0.2) is 4.79 Å². The van der Waals surface area contributed by atoms with Crippen LogP contribution in [0.5, 0.6) is 0 Å². The third-order valence-corrected chi connectivity index (χ3v) is 2.22. The van der Waals surface area contributed by atoms with E-state index in [1.165, 1.54) is 6.08 Å². The van der Waals surface area contributed by atoms with Crippen molar-refractivity contribution >= 4 is 23.8 Å². The molecule has 1 aromatic rings. The normalized spacial score (nSPS) is 10.5. The summed E-state index contributed by atoms with van der Waals surface area (Å²) in [5.41, 5.74) is 0.937. The van der Waals surface area contributed by atoms with Crippen LogP contribution < -0.4 is 0 Å². The number of nitrogens with zero attached hydrogens (tertiary/aromatic N) is 1. The first-order valence-corrected chi connectivity index (χ1v) is 5.96. The van der Waals surface area contributed by atoms with E-state index in [4.69, 9.17) is 4.74 Å². The van der Waals surface area contributed by atoms with Gasteiger partial charge in [0.25, 0.3) is 0 Å². The number of aromatic nitrogens is 1.